The molecule has 3 N–H and O–H groups in total. The Morgan fingerprint density at radius 1 is 1.27 bits per heavy atom. The number of nitrogens with zero attached hydrogens (tertiary/aromatic N) is 1. The number of anilines is 1. The molecule has 11 heteroatoms. The van der Waals surface area contributed by atoms with Crippen LogP contribution in [0.3, 0.4) is 0 Å². The molecule has 0 atom stereocenters. The first-order valence-electron chi connectivity index (χ1n) is 10.0. The summed E-state index contributed by atoms with van der Waals surface area (Å²) < 4.78 is 69.3. The maximum absolute atomic E-state index is 15.1. The first-order chi connectivity index (χ1) is 15.6. The normalized spacial score (nSPS) is 12.2. The number of aromatic amines is 1. The van der Waals surface area contributed by atoms with Gasteiger partial charge in [0.05, 0.1) is 17.0 Å². The van der Waals surface area contributed by atoms with Gasteiger partial charge in [-0.1, -0.05) is 19.9 Å². The summed E-state index contributed by atoms with van der Waals surface area (Å²) in [5.74, 6) is -5.04. The molecule has 3 rings (SSSR count). The van der Waals surface area contributed by atoms with Crippen molar-refractivity contribution in [1.29, 1.82) is 5.41 Å². The number of fused-ring (bicyclic) bond motifs is 1. The number of halogens is 3. The highest BCUT2D eigenvalue weighted by atomic mass is 32.2. The molecule has 0 fully saturated rings. The summed E-state index contributed by atoms with van der Waals surface area (Å²) in [5, 5.41) is 7.49. The van der Waals surface area contributed by atoms with E-state index < -0.39 is 44.7 Å². The van der Waals surface area contributed by atoms with Crippen LogP contribution in [0.2, 0.25) is 0 Å². The average molecular weight is 478 g/mol. The SMILES string of the molecule is CC/C=C(\C(=N)F)c1cnc2[nH]cc(C(=O)c3c(F)ccc(NS(=O)(=O)CCC)c3F)c2c1. The standard InChI is InChI=1S/C22H21F3N4O3S/c1-3-5-13(21(25)26)12-9-14-15(11-28-22(14)27-10-12)20(30)18-16(23)6-7-17(19(18)24)29-33(31,32)8-4-2/h5-7,9-11,26,29H,3-4,8H2,1-2H3,(H,27,28)/b13-5-,26-21?. The summed E-state index contributed by atoms with van der Waals surface area (Å²) in [6, 6.07) is 3.09. The molecule has 0 aliphatic carbocycles. The fourth-order valence-electron chi connectivity index (χ4n) is 3.34. The van der Waals surface area contributed by atoms with Crippen LogP contribution in [0.25, 0.3) is 16.6 Å². The van der Waals surface area contributed by atoms with Crippen molar-refractivity contribution in [2.24, 2.45) is 0 Å². The number of hydrogen-bond acceptors (Lipinski definition) is 5. The lowest BCUT2D eigenvalue weighted by Crippen LogP contribution is -2.18. The second kappa shape index (κ2) is 9.57. The molecular weight excluding hydrogens is 457 g/mol. The van der Waals surface area contributed by atoms with Crippen molar-refractivity contribution in [2.75, 3.05) is 10.5 Å². The molecule has 3 aromatic rings. The molecule has 0 bridgehead atoms. The summed E-state index contributed by atoms with van der Waals surface area (Å²) in [5.41, 5.74) is -1.24. The van der Waals surface area contributed by atoms with E-state index in [-0.39, 0.29) is 39.9 Å². The number of carbonyl (C=O) groups excluding carboxylic acids is 1. The Kier molecular flexibility index (Phi) is 7.01. The Labute approximate surface area is 188 Å². The lowest BCUT2D eigenvalue weighted by molar-refractivity contribution is 0.103. The Morgan fingerprint density at radius 2 is 2.00 bits per heavy atom. The first kappa shape index (κ1) is 24.2. The highest BCUT2D eigenvalue weighted by molar-refractivity contribution is 7.92. The van der Waals surface area contributed by atoms with Crippen LogP contribution in [-0.2, 0) is 10.0 Å². The van der Waals surface area contributed by atoms with Crippen LogP contribution in [0, 0.1) is 17.0 Å². The fraction of sp³-hybridized carbons (Fsp3) is 0.227. The van der Waals surface area contributed by atoms with Gasteiger partial charge in [0.15, 0.2) is 5.82 Å². The molecule has 0 aliphatic heterocycles. The highest BCUT2D eigenvalue weighted by Gasteiger charge is 2.26. The first-order valence-corrected chi connectivity index (χ1v) is 11.7. The van der Waals surface area contributed by atoms with Crippen molar-refractivity contribution in [3.05, 3.63) is 65.0 Å². The predicted octanol–water partition coefficient (Wildman–Crippen LogP) is 4.96. The van der Waals surface area contributed by atoms with Crippen LogP contribution in [0.4, 0.5) is 18.9 Å². The number of H-pyrrole nitrogens is 1. The lowest BCUT2D eigenvalue weighted by atomic mass is 9.99. The van der Waals surface area contributed by atoms with Crippen molar-refractivity contribution >= 4 is 44.1 Å². The third kappa shape index (κ3) is 4.98. The van der Waals surface area contributed by atoms with Gasteiger partial charge in [0.25, 0.3) is 0 Å². The minimum atomic E-state index is -3.88. The molecule has 0 saturated carbocycles. The number of aromatic nitrogens is 2. The summed E-state index contributed by atoms with van der Waals surface area (Å²) in [4.78, 5) is 19.9. The largest absolute Gasteiger partial charge is 0.345 e. The van der Waals surface area contributed by atoms with Gasteiger partial charge in [0, 0.05) is 34.5 Å². The second-order valence-electron chi connectivity index (χ2n) is 7.20. The van der Waals surface area contributed by atoms with Gasteiger partial charge in [-0.15, -0.1) is 0 Å². The van der Waals surface area contributed by atoms with Crippen LogP contribution >= 0.6 is 0 Å². The molecule has 33 heavy (non-hydrogen) atoms. The zero-order valence-electron chi connectivity index (χ0n) is 17.8. The van der Waals surface area contributed by atoms with Crippen LogP contribution in [0.15, 0.2) is 36.7 Å². The van der Waals surface area contributed by atoms with Gasteiger partial charge in [-0.2, -0.15) is 4.39 Å². The fourth-order valence-corrected chi connectivity index (χ4v) is 4.47. The molecule has 0 aliphatic rings. The third-order valence-electron chi connectivity index (χ3n) is 4.79. The minimum Gasteiger partial charge on any atom is -0.345 e. The number of nitrogens with one attached hydrogen (secondary N) is 3. The zero-order chi connectivity index (χ0) is 24.3. The molecule has 7 nitrogen and oxygen atoms in total. The molecule has 1 aromatic carbocycles. The number of allylic oxidation sites excluding steroid dienone is 2. The van der Waals surface area contributed by atoms with Crippen molar-refractivity contribution in [3.63, 3.8) is 0 Å². The molecule has 2 heterocycles. The number of ketones is 1. The topological polar surface area (TPSA) is 116 Å². The number of pyridine rings is 1. The zero-order valence-corrected chi connectivity index (χ0v) is 18.6. The van der Waals surface area contributed by atoms with Crippen LogP contribution in [0.5, 0.6) is 0 Å². The molecule has 0 saturated heterocycles. The van der Waals surface area contributed by atoms with Gasteiger partial charge in [0.2, 0.25) is 21.8 Å². The molecule has 0 spiro atoms. The van der Waals surface area contributed by atoms with Crippen molar-refractivity contribution in [3.8, 4) is 0 Å². The maximum Gasteiger partial charge on any atom is 0.232 e. The van der Waals surface area contributed by atoms with E-state index in [9.17, 15) is 22.0 Å². The third-order valence-corrected chi connectivity index (χ3v) is 6.26. The smallest absolute Gasteiger partial charge is 0.232 e. The van der Waals surface area contributed by atoms with Crippen molar-refractivity contribution in [2.45, 2.75) is 26.7 Å². The Bertz CT molecular complexity index is 1380. The quantitative estimate of drug-likeness (QED) is 0.298. The predicted molar refractivity (Wildman–Crippen MR) is 121 cm³/mol. The number of rotatable bonds is 9. The molecule has 2 aromatic heterocycles. The molecule has 174 valence electrons. The van der Waals surface area contributed by atoms with E-state index in [0.717, 1.165) is 12.1 Å². The number of hydrogen-bond donors (Lipinski definition) is 3. The van der Waals surface area contributed by atoms with Gasteiger partial charge in [0.1, 0.15) is 11.5 Å². The van der Waals surface area contributed by atoms with E-state index in [1.807, 2.05) is 4.72 Å². The van der Waals surface area contributed by atoms with Gasteiger partial charge < -0.3 is 4.98 Å². The number of sulfonamides is 1. The van der Waals surface area contributed by atoms with E-state index in [1.165, 1.54) is 24.5 Å². The Morgan fingerprint density at radius 3 is 2.64 bits per heavy atom. The van der Waals surface area contributed by atoms with Gasteiger partial charge in [-0.3, -0.25) is 14.9 Å². The van der Waals surface area contributed by atoms with Crippen LogP contribution in [-0.4, -0.2) is 35.9 Å². The number of benzene rings is 1. The summed E-state index contributed by atoms with van der Waals surface area (Å²) in [6.07, 6.45) is 4.72. The molecule has 0 radical (unpaired) electrons. The van der Waals surface area contributed by atoms with E-state index >= 15 is 4.39 Å². The average Bonchev–Trinajstić information content (AvgIpc) is 3.17. The van der Waals surface area contributed by atoms with Gasteiger partial charge in [-0.25, -0.2) is 22.2 Å². The molecular formula is C22H21F3N4O3S. The van der Waals surface area contributed by atoms with E-state index in [0.29, 0.717) is 6.42 Å². The molecule has 0 unspecified atom stereocenters. The van der Waals surface area contributed by atoms with Gasteiger partial charge in [-0.05, 0) is 31.0 Å². The van der Waals surface area contributed by atoms with Gasteiger partial charge >= 0.3 is 0 Å². The minimum absolute atomic E-state index is 0.0313. The Hall–Kier alpha value is -3.47. The van der Waals surface area contributed by atoms with Crippen molar-refractivity contribution in [1.82, 2.24) is 9.97 Å². The maximum atomic E-state index is 15.1. The summed E-state index contributed by atoms with van der Waals surface area (Å²) >= 11 is 0. The molecule has 0 amide bonds. The monoisotopic (exact) mass is 478 g/mol. The van der Waals surface area contributed by atoms with Crippen molar-refractivity contribution < 1.29 is 26.4 Å². The van der Waals surface area contributed by atoms with Crippen LogP contribution < -0.4 is 4.72 Å². The Balaban J connectivity index is 2.11. The summed E-state index contributed by atoms with van der Waals surface area (Å²) in [6.45, 7) is 3.38. The lowest BCUT2D eigenvalue weighted by Gasteiger charge is -2.11. The van der Waals surface area contributed by atoms with Crippen LogP contribution in [0.1, 0.15) is 48.2 Å². The second-order valence-corrected chi connectivity index (χ2v) is 9.04. The summed E-state index contributed by atoms with van der Waals surface area (Å²) in [7, 11) is -3.88. The van der Waals surface area contributed by atoms with E-state index in [1.54, 1.807) is 13.8 Å². The highest BCUT2D eigenvalue weighted by Crippen LogP contribution is 2.29. The van der Waals surface area contributed by atoms with E-state index in [2.05, 4.69) is 9.97 Å². The number of carbonyl (C=O) groups is 1. The van der Waals surface area contributed by atoms with E-state index in [4.69, 9.17) is 5.41 Å².